The van der Waals surface area contributed by atoms with Crippen LogP contribution in [-0.2, 0) is 6.42 Å². The van der Waals surface area contributed by atoms with Crippen LogP contribution in [0.25, 0.3) is 22.2 Å². The predicted octanol–water partition coefficient (Wildman–Crippen LogP) is 3.53. The Hall–Kier alpha value is -4.52. The molecule has 0 fully saturated rings. The Morgan fingerprint density at radius 1 is 1.28 bits per heavy atom. The molecule has 184 valence electrons. The number of aromatic nitrogens is 5. The van der Waals surface area contributed by atoms with Crippen LogP contribution in [-0.4, -0.2) is 56.7 Å². The molecule has 1 unspecified atom stereocenters. The molecular formula is C26H28N8O2. The smallest absolute Gasteiger partial charge is 0.271 e. The third-order valence-electron chi connectivity index (χ3n) is 6.27. The summed E-state index contributed by atoms with van der Waals surface area (Å²) in [6.45, 7) is 5.86. The number of nitrogen functional groups attached to an aromatic ring is 1. The summed E-state index contributed by atoms with van der Waals surface area (Å²) in [6.07, 6.45) is 3.66. The maximum Gasteiger partial charge on any atom is 0.271 e. The Bertz CT molecular complexity index is 1500. The lowest BCUT2D eigenvalue weighted by Crippen LogP contribution is -2.22. The summed E-state index contributed by atoms with van der Waals surface area (Å²) in [5.41, 5.74) is 11.3. The Morgan fingerprint density at radius 2 is 2.03 bits per heavy atom. The Kier molecular flexibility index (Phi) is 6.57. The van der Waals surface area contributed by atoms with Crippen molar-refractivity contribution < 1.29 is 9.53 Å². The van der Waals surface area contributed by atoms with Crippen molar-refractivity contribution in [1.29, 1.82) is 5.26 Å². The van der Waals surface area contributed by atoms with Gasteiger partial charge in [0.05, 0.1) is 29.8 Å². The second-order valence-electron chi connectivity index (χ2n) is 8.67. The second kappa shape index (κ2) is 9.62. The molecule has 1 amide bonds. The number of benzene rings is 1. The molecule has 3 heterocycles. The molecule has 0 spiro atoms. The van der Waals surface area contributed by atoms with Gasteiger partial charge in [-0.1, -0.05) is 13.0 Å². The highest BCUT2D eigenvalue weighted by atomic mass is 16.5. The van der Waals surface area contributed by atoms with Gasteiger partial charge >= 0.3 is 0 Å². The zero-order chi connectivity index (χ0) is 26.1. The molecule has 1 atom stereocenters. The van der Waals surface area contributed by atoms with Crippen LogP contribution in [0.3, 0.4) is 0 Å². The van der Waals surface area contributed by atoms with Crippen LogP contribution in [0.5, 0.6) is 5.75 Å². The normalized spacial score (nSPS) is 11.8. The Labute approximate surface area is 209 Å². The minimum absolute atomic E-state index is 0.201. The molecule has 0 aliphatic carbocycles. The topological polar surface area (TPSA) is 136 Å². The summed E-state index contributed by atoms with van der Waals surface area (Å²) in [6, 6.07) is 7.48. The lowest BCUT2D eigenvalue weighted by Gasteiger charge is -2.22. The number of anilines is 1. The third kappa shape index (κ3) is 3.98. The van der Waals surface area contributed by atoms with Crippen molar-refractivity contribution in [3.8, 4) is 22.9 Å². The highest BCUT2D eigenvalue weighted by Gasteiger charge is 2.26. The molecule has 0 radical (unpaired) electrons. The van der Waals surface area contributed by atoms with Crippen molar-refractivity contribution in [3.63, 3.8) is 0 Å². The number of carbonyl (C=O) groups is 1. The highest BCUT2D eigenvalue weighted by Crippen LogP contribution is 2.42. The first-order chi connectivity index (χ1) is 17.2. The van der Waals surface area contributed by atoms with E-state index in [4.69, 9.17) is 15.6 Å². The van der Waals surface area contributed by atoms with Gasteiger partial charge in [0.2, 0.25) is 0 Å². The molecule has 0 aliphatic heterocycles. The van der Waals surface area contributed by atoms with E-state index in [0.717, 1.165) is 16.8 Å². The molecule has 10 heteroatoms. The zero-order valence-electron chi connectivity index (χ0n) is 21.2. The molecule has 2 N–H and O–H groups in total. The van der Waals surface area contributed by atoms with E-state index in [2.05, 4.69) is 21.0 Å². The second-order valence-corrected chi connectivity index (χ2v) is 8.67. The number of aryl methyl sites for hydroxylation is 2. The van der Waals surface area contributed by atoms with Gasteiger partial charge < -0.3 is 15.4 Å². The summed E-state index contributed by atoms with van der Waals surface area (Å²) < 4.78 is 7.72. The number of nitrogens with two attached hydrogens (primary N) is 1. The van der Waals surface area contributed by atoms with E-state index < -0.39 is 0 Å². The summed E-state index contributed by atoms with van der Waals surface area (Å²) in [5, 5.41) is 15.5. The van der Waals surface area contributed by atoms with Gasteiger partial charge in [0, 0.05) is 37.0 Å². The fourth-order valence-electron chi connectivity index (χ4n) is 4.42. The largest absolute Gasteiger partial charge is 0.496 e. The average Bonchev–Trinajstić information content (AvgIpc) is 3.23. The van der Waals surface area contributed by atoms with E-state index in [9.17, 15) is 10.1 Å². The molecule has 0 bridgehead atoms. The van der Waals surface area contributed by atoms with Gasteiger partial charge in [0.1, 0.15) is 29.7 Å². The van der Waals surface area contributed by atoms with Gasteiger partial charge in [0.15, 0.2) is 5.65 Å². The molecule has 36 heavy (non-hydrogen) atoms. The lowest BCUT2D eigenvalue weighted by atomic mass is 9.89. The number of hydrogen-bond acceptors (Lipinski definition) is 8. The van der Waals surface area contributed by atoms with Crippen molar-refractivity contribution in [1.82, 2.24) is 29.6 Å². The molecule has 1 aromatic carbocycles. The number of pyridine rings is 1. The quantitative estimate of drug-likeness (QED) is 0.439. The van der Waals surface area contributed by atoms with E-state index in [1.807, 2.05) is 26.8 Å². The molecule has 4 aromatic rings. The van der Waals surface area contributed by atoms with E-state index in [0.29, 0.717) is 51.4 Å². The zero-order valence-corrected chi connectivity index (χ0v) is 21.2. The molecule has 3 aromatic heterocycles. The maximum atomic E-state index is 12.3. The van der Waals surface area contributed by atoms with Gasteiger partial charge in [-0.05, 0) is 38.0 Å². The SMILES string of the molecule is CCc1cc(C(C)n2nc(C)c3c(N)ncnc32)c(OC)c(-c2ccc(C(=O)N(C)C)nc2)c1C#N. The van der Waals surface area contributed by atoms with Gasteiger partial charge in [0.25, 0.3) is 5.91 Å². The van der Waals surface area contributed by atoms with Crippen molar-refractivity contribution in [2.24, 2.45) is 0 Å². The summed E-state index contributed by atoms with van der Waals surface area (Å²) in [7, 11) is 4.92. The Morgan fingerprint density at radius 3 is 2.61 bits per heavy atom. The summed E-state index contributed by atoms with van der Waals surface area (Å²) >= 11 is 0. The standard InChI is InChI=1S/C26H28N8O2/c1-7-16-10-18(15(3)34-25-21(14(2)32-34)24(28)30-13-31-25)23(36-6)22(19(16)11-27)17-8-9-20(29-12-17)26(35)33(4)5/h8-10,12-13,15H,7H2,1-6H3,(H2,28,30,31). The predicted molar refractivity (Wildman–Crippen MR) is 137 cm³/mol. The van der Waals surface area contributed by atoms with Gasteiger partial charge in [-0.15, -0.1) is 0 Å². The van der Waals surface area contributed by atoms with Crippen molar-refractivity contribution in [2.45, 2.75) is 33.2 Å². The number of hydrogen-bond donors (Lipinski definition) is 1. The first-order valence-electron chi connectivity index (χ1n) is 11.5. The monoisotopic (exact) mass is 484 g/mol. The number of rotatable bonds is 6. The molecule has 0 saturated carbocycles. The summed E-state index contributed by atoms with van der Waals surface area (Å²) in [4.78, 5) is 26.7. The van der Waals surface area contributed by atoms with Crippen molar-refractivity contribution in [3.05, 3.63) is 58.8 Å². The van der Waals surface area contributed by atoms with Crippen molar-refractivity contribution >= 4 is 22.8 Å². The molecule has 4 rings (SSSR count). The van der Waals surface area contributed by atoms with Gasteiger partial charge in [-0.3, -0.25) is 9.78 Å². The van der Waals surface area contributed by atoms with Crippen LogP contribution < -0.4 is 10.5 Å². The molecular weight excluding hydrogens is 456 g/mol. The molecule has 0 aliphatic rings. The number of methoxy groups -OCH3 is 1. The first kappa shape index (κ1) is 24.6. The van der Waals surface area contributed by atoms with E-state index in [1.165, 1.54) is 11.2 Å². The van der Waals surface area contributed by atoms with Gasteiger partial charge in [-0.2, -0.15) is 10.4 Å². The lowest BCUT2D eigenvalue weighted by molar-refractivity contribution is 0.0822. The highest BCUT2D eigenvalue weighted by molar-refractivity contribution is 5.92. The van der Waals surface area contributed by atoms with Gasteiger partial charge in [-0.25, -0.2) is 14.6 Å². The minimum atomic E-state index is -0.301. The fraction of sp³-hybridized carbons (Fsp3) is 0.308. The molecule has 0 saturated heterocycles. The fourth-order valence-corrected chi connectivity index (χ4v) is 4.42. The number of ether oxygens (including phenoxy) is 1. The number of nitrogens with zero attached hydrogens (tertiary/aromatic N) is 7. The molecule has 10 nitrogen and oxygen atoms in total. The number of nitriles is 1. The van der Waals surface area contributed by atoms with E-state index in [1.54, 1.807) is 44.2 Å². The van der Waals surface area contributed by atoms with Crippen LogP contribution in [0.15, 0.2) is 30.7 Å². The van der Waals surface area contributed by atoms with Crippen LogP contribution in [0, 0.1) is 18.3 Å². The minimum Gasteiger partial charge on any atom is -0.496 e. The van der Waals surface area contributed by atoms with Crippen LogP contribution in [0.2, 0.25) is 0 Å². The first-order valence-corrected chi connectivity index (χ1v) is 11.5. The van der Waals surface area contributed by atoms with Crippen LogP contribution in [0.1, 0.15) is 52.8 Å². The Balaban J connectivity index is 1.95. The number of amides is 1. The maximum absolute atomic E-state index is 12.3. The van der Waals surface area contributed by atoms with Crippen LogP contribution in [0.4, 0.5) is 5.82 Å². The van der Waals surface area contributed by atoms with E-state index >= 15 is 0 Å². The number of carbonyl (C=O) groups excluding carboxylic acids is 1. The average molecular weight is 485 g/mol. The third-order valence-corrected chi connectivity index (χ3v) is 6.27. The summed E-state index contributed by atoms with van der Waals surface area (Å²) in [5.74, 6) is 0.706. The van der Waals surface area contributed by atoms with E-state index in [-0.39, 0.29) is 11.9 Å². The van der Waals surface area contributed by atoms with Crippen molar-refractivity contribution in [2.75, 3.05) is 26.9 Å². The number of fused-ring (bicyclic) bond motifs is 1. The van der Waals surface area contributed by atoms with Crippen LogP contribution >= 0.6 is 0 Å².